The van der Waals surface area contributed by atoms with Gasteiger partial charge in [-0.2, -0.15) is 15.2 Å². The van der Waals surface area contributed by atoms with Crippen LogP contribution in [0.3, 0.4) is 0 Å². The lowest BCUT2D eigenvalue weighted by atomic mass is 10.0. The quantitative estimate of drug-likeness (QED) is 0.605. The molecule has 0 spiro atoms. The number of benzene rings is 1. The van der Waals surface area contributed by atoms with Crippen molar-refractivity contribution in [2.45, 2.75) is 12.5 Å². The Kier molecular flexibility index (Phi) is 5.81. The average Bonchev–Trinajstić information content (AvgIpc) is 3.55. The molecule has 3 aromatic rings. The van der Waals surface area contributed by atoms with E-state index < -0.39 is 11.7 Å². The van der Waals surface area contributed by atoms with Crippen LogP contribution in [-0.4, -0.2) is 74.0 Å². The van der Waals surface area contributed by atoms with Gasteiger partial charge in [0, 0.05) is 45.0 Å². The van der Waals surface area contributed by atoms with Gasteiger partial charge in [-0.1, -0.05) is 12.1 Å². The number of rotatable bonds is 4. The van der Waals surface area contributed by atoms with Crippen LogP contribution in [0.2, 0.25) is 0 Å². The van der Waals surface area contributed by atoms with Gasteiger partial charge in [0.2, 0.25) is 5.95 Å². The first kappa shape index (κ1) is 22.4. The fourth-order valence-corrected chi connectivity index (χ4v) is 4.06. The second kappa shape index (κ2) is 9.08. The van der Waals surface area contributed by atoms with Gasteiger partial charge in [-0.15, -0.1) is 0 Å². The SMILES string of the molecule is NC(=O)c1cnn(-c2nc(N3CCN(C(=O)N4N=CCC4c4cccc(F)c4)CC3)ncc2F)c1. The van der Waals surface area contributed by atoms with E-state index in [0.29, 0.717) is 38.2 Å². The molecular weight excluding hydrogens is 460 g/mol. The van der Waals surface area contributed by atoms with E-state index in [0.717, 1.165) is 10.9 Å². The number of hydrogen-bond acceptors (Lipinski definition) is 7. The third-order valence-corrected chi connectivity index (χ3v) is 5.89. The molecule has 1 saturated heterocycles. The van der Waals surface area contributed by atoms with Gasteiger partial charge in [0.25, 0.3) is 5.91 Å². The maximum atomic E-state index is 14.4. The first-order valence-electron chi connectivity index (χ1n) is 10.9. The van der Waals surface area contributed by atoms with E-state index in [1.807, 2.05) is 4.90 Å². The largest absolute Gasteiger partial charge is 0.366 e. The fourth-order valence-electron chi connectivity index (χ4n) is 4.06. The molecule has 35 heavy (non-hydrogen) atoms. The Labute approximate surface area is 198 Å². The van der Waals surface area contributed by atoms with Crippen LogP contribution < -0.4 is 10.6 Å². The van der Waals surface area contributed by atoms with Crippen molar-refractivity contribution in [3.05, 3.63) is 65.6 Å². The minimum absolute atomic E-state index is 0.120. The lowest BCUT2D eigenvalue weighted by Crippen LogP contribution is -2.52. The normalized spacial score (nSPS) is 17.8. The molecule has 0 bridgehead atoms. The summed E-state index contributed by atoms with van der Waals surface area (Å²) in [7, 11) is 0. The van der Waals surface area contributed by atoms with Crippen LogP contribution in [0.15, 0.2) is 48.0 Å². The number of hydrogen-bond donors (Lipinski definition) is 1. The molecule has 0 radical (unpaired) electrons. The highest BCUT2D eigenvalue weighted by atomic mass is 19.1. The molecule has 13 heteroatoms. The summed E-state index contributed by atoms with van der Waals surface area (Å²) in [5, 5.41) is 9.54. The summed E-state index contributed by atoms with van der Waals surface area (Å²) < 4.78 is 29.2. The molecule has 2 aliphatic heterocycles. The monoisotopic (exact) mass is 481 g/mol. The Hall–Kier alpha value is -4.42. The van der Waals surface area contributed by atoms with Gasteiger partial charge >= 0.3 is 6.03 Å². The zero-order valence-electron chi connectivity index (χ0n) is 18.5. The van der Waals surface area contributed by atoms with Crippen molar-refractivity contribution in [2.75, 3.05) is 31.1 Å². The van der Waals surface area contributed by atoms with Crippen LogP contribution in [0.1, 0.15) is 28.4 Å². The van der Waals surface area contributed by atoms with Crippen molar-refractivity contribution in [3.8, 4) is 5.82 Å². The Bertz CT molecular complexity index is 1300. The van der Waals surface area contributed by atoms with Crippen molar-refractivity contribution in [1.82, 2.24) is 29.7 Å². The minimum atomic E-state index is -0.711. The van der Waals surface area contributed by atoms with Crippen LogP contribution in [0.25, 0.3) is 5.82 Å². The van der Waals surface area contributed by atoms with Crippen LogP contribution >= 0.6 is 0 Å². The number of piperazine rings is 1. The van der Waals surface area contributed by atoms with Crippen molar-refractivity contribution in [2.24, 2.45) is 10.8 Å². The molecule has 4 heterocycles. The molecule has 1 unspecified atom stereocenters. The summed E-state index contributed by atoms with van der Waals surface area (Å²) in [4.78, 5) is 36.3. The van der Waals surface area contributed by atoms with E-state index in [4.69, 9.17) is 5.73 Å². The summed E-state index contributed by atoms with van der Waals surface area (Å²) in [6.07, 6.45) is 5.71. The maximum absolute atomic E-state index is 14.4. The minimum Gasteiger partial charge on any atom is -0.366 e. The molecule has 2 N–H and O–H groups in total. The average molecular weight is 481 g/mol. The summed E-state index contributed by atoms with van der Waals surface area (Å²) in [5.41, 5.74) is 6.04. The van der Waals surface area contributed by atoms with Gasteiger partial charge in [-0.25, -0.2) is 28.3 Å². The molecule has 5 rings (SSSR count). The van der Waals surface area contributed by atoms with E-state index >= 15 is 0 Å². The van der Waals surface area contributed by atoms with Crippen molar-refractivity contribution >= 4 is 24.1 Å². The summed E-state index contributed by atoms with van der Waals surface area (Å²) in [5.74, 6) is -1.62. The Morgan fingerprint density at radius 1 is 1.09 bits per heavy atom. The van der Waals surface area contributed by atoms with Crippen LogP contribution in [-0.2, 0) is 0 Å². The lowest BCUT2D eigenvalue weighted by molar-refractivity contribution is 0.1000. The molecule has 3 amide bonds. The van der Waals surface area contributed by atoms with Crippen LogP contribution in [0.4, 0.5) is 19.5 Å². The number of carbonyl (C=O) groups is 2. The predicted octanol–water partition coefficient (Wildman–Crippen LogP) is 1.71. The first-order valence-corrected chi connectivity index (χ1v) is 10.9. The molecule has 1 aromatic carbocycles. The number of urea groups is 1. The van der Waals surface area contributed by atoms with E-state index in [1.54, 1.807) is 23.2 Å². The van der Waals surface area contributed by atoms with Gasteiger partial charge in [0.15, 0.2) is 11.6 Å². The second-order valence-corrected chi connectivity index (χ2v) is 8.09. The van der Waals surface area contributed by atoms with Gasteiger partial charge in [0.1, 0.15) is 5.82 Å². The molecule has 180 valence electrons. The van der Waals surface area contributed by atoms with Crippen molar-refractivity contribution < 1.29 is 18.4 Å². The zero-order valence-corrected chi connectivity index (χ0v) is 18.5. The van der Waals surface area contributed by atoms with Gasteiger partial charge < -0.3 is 15.5 Å². The molecule has 0 saturated carbocycles. The molecule has 2 aromatic heterocycles. The number of aromatic nitrogens is 4. The highest BCUT2D eigenvalue weighted by molar-refractivity contribution is 5.92. The number of amides is 3. The number of halogens is 2. The zero-order chi connectivity index (χ0) is 24.5. The lowest BCUT2D eigenvalue weighted by Gasteiger charge is -2.37. The third kappa shape index (κ3) is 4.39. The molecule has 2 aliphatic rings. The Morgan fingerprint density at radius 2 is 1.89 bits per heavy atom. The van der Waals surface area contributed by atoms with E-state index in [9.17, 15) is 18.4 Å². The topological polar surface area (TPSA) is 126 Å². The molecule has 11 nitrogen and oxygen atoms in total. The summed E-state index contributed by atoms with van der Waals surface area (Å²) >= 11 is 0. The second-order valence-electron chi connectivity index (χ2n) is 8.09. The predicted molar refractivity (Wildman–Crippen MR) is 121 cm³/mol. The molecular formula is C22H21F2N9O2. The molecule has 0 aliphatic carbocycles. The Morgan fingerprint density at radius 3 is 2.60 bits per heavy atom. The molecule has 1 fully saturated rings. The van der Waals surface area contributed by atoms with Gasteiger partial charge in [-0.3, -0.25) is 4.79 Å². The number of hydrazone groups is 1. The van der Waals surface area contributed by atoms with Gasteiger partial charge in [-0.05, 0) is 17.7 Å². The molecule has 1 atom stereocenters. The van der Waals surface area contributed by atoms with Crippen molar-refractivity contribution in [3.63, 3.8) is 0 Å². The summed E-state index contributed by atoms with van der Waals surface area (Å²) in [6.45, 7) is 1.55. The van der Waals surface area contributed by atoms with E-state index in [2.05, 4.69) is 20.2 Å². The first-order chi connectivity index (χ1) is 16.9. The number of nitrogens with zero attached hydrogens (tertiary/aromatic N) is 8. The third-order valence-electron chi connectivity index (χ3n) is 5.89. The maximum Gasteiger partial charge on any atom is 0.341 e. The summed E-state index contributed by atoms with van der Waals surface area (Å²) in [6, 6.07) is 5.52. The van der Waals surface area contributed by atoms with E-state index in [-0.39, 0.29) is 35.2 Å². The fraction of sp³-hybridized carbons (Fsp3) is 0.273. The number of primary amides is 1. The highest BCUT2D eigenvalue weighted by Crippen LogP contribution is 2.30. The number of nitrogens with two attached hydrogens (primary N) is 1. The van der Waals surface area contributed by atoms with Crippen LogP contribution in [0.5, 0.6) is 0 Å². The standard InChI is InChI=1S/C22H21F2N9O2/c23-16-3-1-2-14(10-16)18-4-5-27-33(18)22(35)31-8-6-30(7-9-31)21-26-12-17(24)20(29-21)32-13-15(11-28-32)19(25)34/h1-3,5,10-13,18H,4,6-9H2,(H2,25,34). The smallest absolute Gasteiger partial charge is 0.341 e. The van der Waals surface area contributed by atoms with Crippen LogP contribution in [0, 0.1) is 11.6 Å². The Balaban J connectivity index is 1.27. The van der Waals surface area contributed by atoms with E-state index in [1.165, 1.54) is 29.5 Å². The van der Waals surface area contributed by atoms with Gasteiger partial charge in [0.05, 0.1) is 24.0 Å². The highest BCUT2D eigenvalue weighted by Gasteiger charge is 2.33. The number of anilines is 1. The number of carbonyl (C=O) groups excluding carboxylic acids is 2. The van der Waals surface area contributed by atoms with Crippen molar-refractivity contribution in [1.29, 1.82) is 0 Å².